The number of epoxide rings is 1. The van der Waals surface area contributed by atoms with Crippen LogP contribution in [0.1, 0.15) is 108 Å². The number of likely N-dealkylation sites (tertiary alicyclic amines) is 2. The number of carbonyl (C=O) groups excluding carboxylic acids is 2. The molecule has 2 unspecified atom stereocenters. The number of benzene rings is 5. The molecular formula is C53H63FN4O5. The van der Waals surface area contributed by atoms with Crippen LogP contribution in [0.15, 0.2) is 133 Å². The van der Waals surface area contributed by atoms with E-state index in [0.29, 0.717) is 25.5 Å². The Balaban J connectivity index is 0.000000150. The standard InChI is InChI=1S/C22H26N2O2.C21H23FN2O.C8H8O.C2H6O/c25-20-10-11-22(23-19-9-5-4-8-18(19)20)12-14-24(15-13-22)16-21(26)17-6-2-1-3-7-17;22-17-7-5-16(6-8-17)15-24-13-11-21(12-14-24)10-9-20(25)18-3-1-2-4-19(18)23-21;1-2-4-7(5-3-1)8-6-9-8;1-2-3/h1-9,21,23,26H,10-16H2;1-8,23H,9-15H2;1-5,8H,6H2;3H,2H2,1H3. The molecule has 63 heavy (non-hydrogen) atoms. The molecule has 5 aliphatic rings. The number of carbonyl (C=O) groups is 2. The zero-order chi connectivity index (χ0) is 44.1. The van der Waals surface area contributed by atoms with E-state index >= 15 is 0 Å². The van der Waals surface area contributed by atoms with Gasteiger partial charge in [0.2, 0.25) is 0 Å². The molecule has 5 heterocycles. The average Bonchev–Trinajstić information content (AvgIpc) is 4.20. The number of hydrogen-bond acceptors (Lipinski definition) is 9. The number of rotatable bonds is 6. The average molecular weight is 855 g/mol. The third-order valence-corrected chi connectivity index (χ3v) is 13.0. The van der Waals surface area contributed by atoms with E-state index in [-0.39, 0.29) is 35.1 Å². The van der Waals surface area contributed by atoms with Crippen LogP contribution in [0.2, 0.25) is 0 Å². The summed E-state index contributed by atoms with van der Waals surface area (Å²) in [5, 5.41) is 25.5. The number of nitrogens with one attached hydrogen (secondary N) is 2. The molecule has 3 fully saturated rings. The van der Waals surface area contributed by atoms with Gasteiger partial charge in [-0.15, -0.1) is 0 Å². The second kappa shape index (κ2) is 21.9. The normalized spacial score (nSPS) is 20.2. The van der Waals surface area contributed by atoms with Crippen molar-refractivity contribution in [3.63, 3.8) is 0 Å². The van der Waals surface area contributed by atoms with Crippen molar-refractivity contribution in [2.75, 3.05) is 56.6 Å². The summed E-state index contributed by atoms with van der Waals surface area (Å²) in [6, 6.07) is 42.6. The topological polar surface area (TPSA) is 118 Å². The van der Waals surface area contributed by atoms with Gasteiger partial charge in [-0.25, -0.2) is 4.39 Å². The van der Waals surface area contributed by atoms with E-state index in [2.05, 4.69) is 32.6 Å². The molecule has 10 rings (SSSR count). The first-order chi connectivity index (χ1) is 30.7. The quantitative estimate of drug-likeness (QED) is 0.124. The highest BCUT2D eigenvalue weighted by Crippen LogP contribution is 2.38. The number of ketones is 2. The first-order valence-corrected chi connectivity index (χ1v) is 22.7. The Bertz CT molecular complexity index is 2200. The lowest BCUT2D eigenvalue weighted by Crippen LogP contribution is -2.49. The molecular weight excluding hydrogens is 792 g/mol. The van der Waals surface area contributed by atoms with Gasteiger partial charge in [-0.05, 0) is 98.5 Å². The molecule has 0 radical (unpaired) electrons. The molecule has 2 spiro atoms. The van der Waals surface area contributed by atoms with Crippen molar-refractivity contribution in [2.24, 2.45) is 0 Å². The Morgan fingerprint density at radius 3 is 1.59 bits per heavy atom. The number of Topliss-reactive ketones (excluding diaryl/α,β-unsaturated/α-hetero) is 2. The highest BCUT2D eigenvalue weighted by Gasteiger charge is 2.39. The van der Waals surface area contributed by atoms with Gasteiger partial charge in [-0.3, -0.25) is 14.5 Å². The van der Waals surface area contributed by atoms with Gasteiger partial charge < -0.3 is 30.5 Å². The molecule has 3 saturated heterocycles. The summed E-state index contributed by atoms with van der Waals surface area (Å²) < 4.78 is 18.1. The molecule has 332 valence electrons. The number of aliphatic hydroxyl groups excluding tert-OH is 2. The minimum Gasteiger partial charge on any atom is -0.397 e. The maximum absolute atomic E-state index is 13.0. The summed E-state index contributed by atoms with van der Waals surface area (Å²) in [4.78, 5) is 29.6. The Kier molecular flexibility index (Phi) is 15.9. The first-order valence-electron chi connectivity index (χ1n) is 22.7. The fraction of sp³-hybridized carbons (Fsp3) is 0.396. The lowest BCUT2D eigenvalue weighted by Gasteiger charge is -2.43. The van der Waals surface area contributed by atoms with Crippen LogP contribution < -0.4 is 10.6 Å². The number of anilines is 2. The fourth-order valence-electron chi connectivity index (χ4n) is 9.18. The van der Waals surface area contributed by atoms with Crippen LogP contribution in [0.4, 0.5) is 15.8 Å². The summed E-state index contributed by atoms with van der Waals surface area (Å²) in [5.41, 5.74) is 7.05. The Morgan fingerprint density at radius 1 is 0.651 bits per heavy atom. The van der Waals surface area contributed by atoms with Gasteiger partial charge in [-0.2, -0.15) is 0 Å². The number of hydrogen-bond donors (Lipinski definition) is 4. The van der Waals surface area contributed by atoms with Gasteiger partial charge in [0.1, 0.15) is 11.9 Å². The number of aliphatic hydroxyl groups is 2. The van der Waals surface area contributed by atoms with Gasteiger partial charge in [0.15, 0.2) is 11.6 Å². The highest BCUT2D eigenvalue weighted by molar-refractivity contribution is 6.02. The molecule has 5 aromatic rings. The van der Waals surface area contributed by atoms with E-state index in [0.717, 1.165) is 111 Å². The maximum atomic E-state index is 13.0. The van der Waals surface area contributed by atoms with E-state index in [9.17, 15) is 19.1 Å². The molecule has 4 N–H and O–H groups in total. The predicted octanol–water partition coefficient (Wildman–Crippen LogP) is 9.65. The van der Waals surface area contributed by atoms with Gasteiger partial charge in [0.25, 0.3) is 0 Å². The molecule has 2 atom stereocenters. The van der Waals surface area contributed by atoms with Crippen molar-refractivity contribution in [2.45, 2.75) is 88.1 Å². The summed E-state index contributed by atoms with van der Waals surface area (Å²) in [6.07, 6.45) is 7.00. The first kappa shape index (κ1) is 45.8. The van der Waals surface area contributed by atoms with Crippen LogP contribution in [0.25, 0.3) is 0 Å². The third-order valence-electron chi connectivity index (χ3n) is 13.0. The number of ether oxygens (including phenoxy) is 1. The molecule has 9 nitrogen and oxygen atoms in total. The Labute approximate surface area is 372 Å². The molecule has 0 amide bonds. The second-order valence-electron chi connectivity index (χ2n) is 17.4. The SMILES string of the molecule is CCO.O=C1CCC2(CCN(CC(O)c3ccccc3)CC2)Nc2ccccc21.O=C1CCC2(CCN(Cc3ccc(F)cc3)CC2)Nc2ccccc21.c1ccc(C2CO2)cc1. The summed E-state index contributed by atoms with van der Waals surface area (Å²) in [6.45, 7) is 8.20. The minimum absolute atomic E-state index is 0.00351. The third kappa shape index (κ3) is 12.7. The number of fused-ring (bicyclic) bond motifs is 2. The zero-order valence-corrected chi connectivity index (χ0v) is 36.6. The summed E-state index contributed by atoms with van der Waals surface area (Å²) >= 11 is 0. The molecule has 5 aliphatic heterocycles. The van der Waals surface area contributed by atoms with E-state index in [1.165, 1.54) is 17.7 Å². The van der Waals surface area contributed by atoms with Crippen LogP contribution in [0.3, 0.4) is 0 Å². The number of piperidine rings is 2. The summed E-state index contributed by atoms with van der Waals surface area (Å²) in [7, 11) is 0. The monoisotopic (exact) mass is 854 g/mol. The van der Waals surface area contributed by atoms with E-state index in [1.807, 2.05) is 109 Å². The second-order valence-corrected chi connectivity index (χ2v) is 17.4. The van der Waals surface area contributed by atoms with Crippen LogP contribution in [0, 0.1) is 5.82 Å². The largest absolute Gasteiger partial charge is 0.397 e. The molecule has 0 aromatic heterocycles. The molecule has 5 aromatic carbocycles. The number of β-amino-alcohol motifs (C(OH)–C–C–N with tert-alkyl or cyclic N) is 1. The van der Waals surface area contributed by atoms with Crippen LogP contribution in [-0.4, -0.2) is 88.6 Å². The van der Waals surface area contributed by atoms with Gasteiger partial charge in [0, 0.05) is 92.3 Å². The van der Waals surface area contributed by atoms with Crippen molar-refractivity contribution in [1.82, 2.24) is 9.80 Å². The van der Waals surface area contributed by atoms with Crippen molar-refractivity contribution in [3.8, 4) is 0 Å². The highest BCUT2D eigenvalue weighted by atomic mass is 19.1. The van der Waals surface area contributed by atoms with Gasteiger partial charge in [0.05, 0.1) is 12.7 Å². The number of para-hydroxylation sites is 2. The number of nitrogens with zero attached hydrogens (tertiary/aromatic N) is 2. The predicted molar refractivity (Wildman–Crippen MR) is 249 cm³/mol. The molecule has 0 bridgehead atoms. The van der Waals surface area contributed by atoms with Crippen LogP contribution in [0.5, 0.6) is 0 Å². The summed E-state index contributed by atoms with van der Waals surface area (Å²) in [5.74, 6) is 0.299. The smallest absolute Gasteiger partial charge is 0.165 e. The Hall–Kier alpha value is -5.23. The van der Waals surface area contributed by atoms with Crippen molar-refractivity contribution in [1.29, 1.82) is 0 Å². The lowest BCUT2D eigenvalue weighted by molar-refractivity contribution is 0.0826. The van der Waals surface area contributed by atoms with E-state index in [4.69, 9.17) is 9.84 Å². The van der Waals surface area contributed by atoms with E-state index in [1.54, 1.807) is 6.92 Å². The van der Waals surface area contributed by atoms with Crippen LogP contribution in [-0.2, 0) is 11.3 Å². The van der Waals surface area contributed by atoms with Crippen molar-refractivity contribution in [3.05, 3.63) is 167 Å². The molecule has 0 aliphatic carbocycles. The fourth-order valence-corrected chi connectivity index (χ4v) is 9.18. The van der Waals surface area contributed by atoms with Gasteiger partial charge >= 0.3 is 0 Å². The van der Waals surface area contributed by atoms with E-state index < -0.39 is 6.10 Å². The van der Waals surface area contributed by atoms with Crippen molar-refractivity contribution < 1.29 is 28.9 Å². The van der Waals surface area contributed by atoms with Crippen molar-refractivity contribution >= 4 is 22.9 Å². The maximum Gasteiger partial charge on any atom is 0.165 e. The van der Waals surface area contributed by atoms with Crippen LogP contribution >= 0.6 is 0 Å². The minimum atomic E-state index is -0.449. The number of halogens is 1. The molecule has 0 saturated carbocycles. The lowest BCUT2D eigenvalue weighted by atomic mass is 9.83. The zero-order valence-electron chi connectivity index (χ0n) is 36.6. The Morgan fingerprint density at radius 2 is 1.10 bits per heavy atom. The van der Waals surface area contributed by atoms with Gasteiger partial charge in [-0.1, -0.05) is 97.1 Å². The molecule has 10 heteroatoms.